The van der Waals surface area contributed by atoms with Crippen molar-refractivity contribution in [3.8, 4) is 5.69 Å². The average Bonchev–Trinajstić information content (AvgIpc) is 3.13. The molecule has 0 aliphatic carbocycles. The number of nitrogens with zero attached hydrogens (tertiary/aromatic N) is 5. The molecule has 5 nitrogen and oxygen atoms in total. The highest BCUT2D eigenvalue weighted by molar-refractivity contribution is 7.98. The second-order valence-corrected chi connectivity index (χ2v) is 7.88. The largest absolute Gasteiger partial charge is 0.369 e. The van der Waals surface area contributed by atoms with Gasteiger partial charge in [0.25, 0.3) is 0 Å². The molecule has 3 aromatic rings. The van der Waals surface area contributed by atoms with Crippen LogP contribution in [0.15, 0.2) is 53.4 Å². The van der Waals surface area contributed by atoms with Gasteiger partial charge in [0.1, 0.15) is 11.6 Å². The molecule has 0 atom stereocenters. The van der Waals surface area contributed by atoms with E-state index in [1.165, 1.54) is 22.7 Å². The van der Waals surface area contributed by atoms with Crippen LogP contribution >= 0.6 is 11.8 Å². The maximum Gasteiger partial charge on any atom is 0.151 e. The summed E-state index contributed by atoms with van der Waals surface area (Å²) in [6.07, 6.45) is 0. The maximum atomic E-state index is 13.1. The first-order valence-corrected chi connectivity index (χ1v) is 10.1. The van der Waals surface area contributed by atoms with Gasteiger partial charge in [-0.15, -0.1) is 22.0 Å². The highest BCUT2D eigenvalue weighted by atomic mass is 32.2. The van der Waals surface area contributed by atoms with Crippen molar-refractivity contribution in [1.82, 2.24) is 19.7 Å². The van der Waals surface area contributed by atoms with Crippen LogP contribution in [0.3, 0.4) is 0 Å². The summed E-state index contributed by atoms with van der Waals surface area (Å²) in [5.41, 5.74) is 2.27. The molecule has 0 saturated carbocycles. The molecule has 2 aliphatic rings. The molecule has 0 bridgehead atoms. The van der Waals surface area contributed by atoms with Gasteiger partial charge in [-0.3, -0.25) is 9.47 Å². The van der Waals surface area contributed by atoms with Crippen molar-refractivity contribution in [2.45, 2.75) is 17.2 Å². The van der Waals surface area contributed by atoms with Crippen LogP contribution < -0.4 is 4.90 Å². The van der Waals surface area contributed by atoms with Gasteiger partial charge in [0.2, 0.25) is 0 Å². The van der Waals surface area contributed by atoms with Crippen molar-refractivity contribution < 1.29 is 4.39 Å². The zero-order valence-electron chi connectivity index (χ0n) is 14.9. The van der Waals surface area contributed by atoms with E-state index in [-0.39, 0.29) is 5.82 Å². The summed E-state index contributed by atoms with van der Waals surface area (Å²) in [6, 6.07) is 15.2. The lowest BCUT2D eigenvalue weighted by Crippen LogP contribution is -2.46. The number of thioether (sulfide) groups is 1. The molecule has 0 N–H and O–H groups in total. The predicted molar refractivity (Wildman–Crippen MR) is 105 cm³/mol. The van der Waals surface area contributed by atoms with Crippen molar-refractivity contribution in [1.29, 1.82) is 0 Å². The molecule has 0 amide bonds. The Morgan fingerprint density at radius 1 is 0.926 bits per heavy atom. The number of benzene rings is 2. The molecular formula is C20H20FN5S. The number of piperazine rings is 1. The number of hydrogen-bond acceptors (Lipinski definition) is 5. The van der Waals surface area contributed by atoms with Crippen molar-refractivity contribution in [3.05, 3.63) is 66.0 Å². The van der Waals surface area contributed by atoms with Crippen LogP contribution in [0.4, 0.5) is 10.1 Å². The third-order valence-electron chi connectivity index (χ3n) is 5.19. The number of para-hydroxylation sites is 1. The third-order valence-corrected chi connectivity index (χ3v) is 6.25. The minimum absolute atomic E-state index is 0.188. The van der Waals surface area contributed by atoms with E-state index >= 15 is 0 Å². The van der Waals surface area contributed by atoms with Gasteiger partial charge in [-0.1, -0.05) is 12.1 Å². The standard InChI is InChI=1S/C20H20FN5S/c21-15-5-7-16(8-6-15)25-11-9-24(10-12-25)13-19-22-23-20-14-27-18-4-2-1-3-17(18)26(19)20/h1-8H,9-14H2. The number of hydrogen-bond donors (Lipinski definition) is 0. The first-order chi connectivity index (χ1) is 13.3. The summed E-state index contributed by atoms with van der Waals surface area (Å²) in [6.45, 7) is 4.56. The minimum atomic E-state index is -0.188. The van der Waals surface area contributed by atoms with E-state index in [2.05, 4.69) is 48.8 Å². The fourth-order valence-corrected chi connectivity index (χ4v) is 4.70. The van der Waals surface area contributed by atoms with E-state index < -0.39 is 0 Å². The summed E-state index contributed by atoms with van der Waals surface area (Å²) in [4.78, 5) is 6.01. The normalized spacial score (nSPS) is 16.9. The minimum Gasteiger partial charge on any atom is -0.369 e. The smallest absolute Gasteiger partial charge is 0.151 e. The van der Waals surface area contributed by atoms with E-state index in [1.54, 1.807) is 0 Å². The third kappa shape index (κ3) is 3.21. The highest BCUT2D eigenvalue weighted by Crippen LogP contribution is 2.35. The molecule has 27 heavy (non-hydrogen) atoms. The lowest BCUT2D eigenvalue weighted by Gasteiger charge is -2.36. The number of fused-ring (bicyclic) bond motifs is 3. The van der Waals surface area contributed by atoms with Gasteiger partial charge in [-0.25, -0.2) is 4.39 Å². The number of halogens is 1. The first-order valence-electron chi connectivity index (χ1n) is 9.16. The predicted octanol–water partition coefficient (Wildman–Crippen LogP) is 3.33. The maximum absolute atomic E-state index is 13.1. The van der Waals surface area contributed by atoms with Crippen LogP contribution in [-0.4, -0.2) is 45.8 Å². The quantitative estimate of drug-likeness (QED) is 0.696. The Morgan fingerprint density at radius 3 is 2.52 bits per heavy atom. The monoisotopic (exact) mass is 381 g/mol. The lowest BCUT2D eigenvalue weighted by molar-refractivity contribution is 0.242. The van der Waals surface area contributed by atoms with E-state index in [4.69, 9.17) is 0 Å². The lowest BCUT2D eigenvalue weighted by atomic mass is 10.2. The van der Waals surface area contributed by atoms with Gasteiger partial charge in [0, 0.05) is 36.8 Å². The summed E-state index contributed by atoms with van der Waals surface area (Å²) in [5, 5.41) is 8.89. The van der Waals surface area contributed by atoms with Gasteiger partial charge < -0.3 is 4.90 Å². The number of rotatable bonds is 3. The molecule has 2 aliphatic heterocycles. The molecule has 0 radical (unpaired) electrons. The molecular weight excluding hydrogens is 361 g/mol. The van der Waals surface area contributed by atoms with Crippen molar-refractivity contribution in [3.63, 3.8) is 0 Å². The molecule has 0 spiro atoms. The molecule has 0 unspecified atom stereocenters. The molecule has 3 heterocycles. The SMILES string of the molecule is Fc1ccc(N2CCN(Cc3nnc4n3-c3ccccc3SC4)CC2)cc1. The zero-order valence-corrected chi connectivity index (χ0v) is 15.7. The first kappa shape index (κ1) is 16.8. The van der Waals surface area contributed by atoms with E-state index in [1.807, 2.05) is 23.9 Å². The zero-order chi connectivity index (χ0) is 18.2. The summed E-state index contributed by atoms with van der Waals surface area (Å²) < 4.78 is 15.3. The van der Waals surface area contributed by atoms with Crippen LogP contribution in [0.25, 0.3) is 5.69 Å². The molecule has 1 fully saturated rings. The average molecular weight is 381 g/mol. The second-order valence-electron chi connectivity index (χ2n) is 6.86. The Kier molecular flexibility index (Phi) is 4.33. The summed E-state index contributed by atoms with van der Waals surface area (Å²) >= 11 is 1.82. The van der Waals surface area contributed by atoms with Crippen LogP contribution in [0.5, 0.6) is 0 Å². The Morgan fingerprint density at radius 2 is 1.70 bits per heavy atom. The van der Waals surface area contributed by atoms with Crippen LogP contribution in [0.2, 0.25) is 0 Å². The second kappa shape index (κ2) is 6.98. The Labute approximate surface area is 161 Å². The molecule has 1 saturated heterocycles. The topological polar surface area (TPSA) is 37.2 Å². The van der Waals surface area contributed by atoms with Gasteiger partial charge in [0.05, 0.1) is 18.0 Å². The van der Waals surface area contributed by atoms with Gasteiger partial charge in [0.15, 0.2) is 5.82 Å². The fraction of sp³-hybridized carbons (Fsp3) is 0.300. The summed E-state index contributed by atoms with van der Waals surface area (Å²) in [5.74, 6) is 2.71. The van der Waals surface area contributed by atoms with Gasteiger partial charge >= 0.3 is 0 Å². The number of anilines is 1. The molecule has 5 rings (SSSR count). The van der Waals surface area contributed by atoms with E-state index in [0.717, 1.165) is 55.8 Å². The Balaban J connectivity index is 1.30. The fourth-order valence-electron chi connectivity index (χ4n) is 3.75. The molecule has 1 aromatic heterocycles. The molecule has 7 heteroatoms. The number of aromatic nitrogens is 3. The van der Waals surface area contributed by atoms with Crippen molar-refractivity contribution in [2.24, 2.45) is 0 Å². The molecule has 138 valence electrons. The van der Waals surface area contributed by atoms with Gasteiger partial charge in [-0.2, -0.15) is 0 Å². The molecule has 2 aromatic carbocycles. The van der Waals surface area contributed by atoms with Gasteiger partial charge in [-0.05, 0) is 36.4 Å². The van der Waals surface area contributed by atoms with Crippen LogP contribution in [0.1, 0.15) is 11.6 Å². The summed E-state index contributed by atoms with van der Waals surface area (Å²) in [7, 11) is 0. The van der Waals surface area contributed by atoms with Crippen molar-refractivity contribution in [2.75, 3.05) is 31.1 Å². The van der Waals surface area contributed by atoms with E-state index in [9.17, 15) is 4.39 Å². The Hall–Kier alpha value is -2.38. The van der Waals surface area contributed by atoms with Crippen molar-refractivity contribution >= 4 is 17.4 Å². The van der Waals surface area contributed by atoms with Crippen LogP contribution in [-0.2, 0) is 12.3 Å². The highest BCUT2D eigenvalue weighted by Gasteiger charge is 2.24. The Bertz CT molecular complexity index is 947. The van der Waals surface area contributed by atoms with Crippen LogP contribution in [0, 0.1) is 5.82 Å². The van der Waals surface area contributed by atoms with E-state index in [0.29, 0.717) is 0 Å².